The van der Waals surface area contributed by atoms with Crippen molar-refractivity contribution in [2.45, 2.75) is 59.2 Å². The van der Waals surface area contributed by atoms with Gasteiger partial charge in [0, 0.05) is 35.4 Å². The molecule has 1 saturated heterocycles. The molecule has 8 nitrogen and oxygen atoms in total. The molecule has 222 valence electrons. The number of rotatable bonds is 4. The van der Waals surface area contributed by atoms with E-state index >= 15 is 0 Å². The highest BCUT2D eigenvalue weighted by atomic mass is 79.9. The number of nitrogens with one attached hydrogen (secondary N) is 3. The Balaban J connectivity index is 1.56. The van der Waals surface area contributed by atoms with Crippen LogP contribution in [0.3, 0.4) is 0 Å². The second kappa shape index (κ2) is 10.8. The number of nitrogens with zero attached hydrogens (tertiary/aromatic N) is 1. The summed E-state index contributed by atoms with van der Waals surface area (Å²) >= 11 is 3.15. The zero-order valence-electron chi connectivity index (χ0n) is 23.2. The minimum atomic E-state index is -4.94. The lowest BCUT2D eigenvalue weighted by molar-refractivity contribution is -0.138. The lowest BCUT2D eigenvalue weighted by Gasteiger charge is -2.39. The fourth-order valence-electron chi connectivity index (χ4n) is 4.95. The Morgan fingerprint density at radius 2 is 1.83 bits per heavy atom. The number of aryl methyl sites for hydroxylation is 1. The van der Waals surface area contributed by atoms with E-state index in [0.717, 1.165) is 18.2 Å². The van der Waals surface area contributed by atoms with Gasteiger partial charge >= 0.3 is 12.3 Å². The summed E-state index contributed by atoms with van der Waals surface area (Å²) in [6.07, 6.45) is -3.36. The quantitative estimate of drug-likeness (QED) is 0.261. The highest BCUT2D eigenvalue weighted by molar-refractivity contribution is 9.10. The van der Waals surface area contributed by atoms with Crippen LogP contribution >= 0.6 is 15.9 Å². The third-order valence-corrected chi connectivity index (χ3v) is 7.77. The van der Waals surface area contributed by atoms with Gasteiger partial charge in [-0.2, -0.15) is 13.2 Å². The predicted molar refractivity (Wildman–Crippen MR) is 149 cm³/mol. The van der Waals surface area contributed by atoms with Crippen LogP contribution in [0.15, 0.2) is 16.6 Å². The number of anilines is 1. The van der Waals surface area contributed by atoms with E-state index in [1.54, 1.807) is 25.7 Å². The molecule has 0 atom stereocenters. The number of ether oxygens (including phenoxy) is 1. The summed E-state index contributed by atoms with van der Waals surface area (Å²) in [7, 11) is 0. The van der Waals surface area contributed by atoms with Crippen LogP contribution in [0.1, 0.15) is 73.4 Å². The standard InChI is InChI=1S/C28H31BrF4N4O4/c1-14-20(24(39)34-13-27(5)6-8-37(9-7-27)25(40)41-26(2,3)4)21(28(31,32)33)19(35-14)12-17-16-10-15(30)11-18(29)22(16)36-23(17)38/h10-12,35H,6-9,13H2,1-5H3,(H,34,39)(H,36,38)/b17-12-. The first kappa shape index (κ1) is 30.6. The number of hydrogen-bond acceptors (Lipinski definition) is 4. The number of halogens is 5. The molecule has 0 saturated carbocycles. The Kier molecular flexibility index (Phi) is 8.07. The van der Waals surface area contributed by atoms with Crippen LogP contribution in [0.25, 0.3) is 11.6 Å². The van der Waals surface area contributed by atoms with Gasteiger partial charge in [-0.05, 0) is 80.1 Å². The molecule has 13 heteroatoms. The number of hydrogen-bond donors (Lipinski definition) is 3. The summed E-state index contributed by atoms with van der Waals surface area (Å²) < 4.78 is 62.7. The van der Waals surface area contributed by atoms with E-state index in [4.69, 9.17) is 4.74 Å². The number of likely N-dealkylation sites (tertiary alicyclic amines) is 1. The number of aromatic amines is 1. The first-order chi connectivity index (χ1) is 18.9. The van der Waals surface area contributed by atoms with Gasteiger partial charge in [0.25, 0.3) is 11.8 Å². The molecular weight excluding hydrogens is 612 g/mol. The Labute approximate surface area is 243 Å². The van der Waals surface area contributed by atoms with E-state index in [1.165, 1.54) is 6.92 Å². The number of carbonyl (C=O) groups excluding carboxylic acids is 3. The maximum atomic E-state index is 14.3. The third kappa shape index (κ3) is 6.60. The lowest BCUT2D eigenvalue weighted by Crippen LogP contribution is -2.48. The van der Waals surface area contributed by atoms with Crippen LogP contribution in [0.4, 0.5) is 28.0 Å². The highest BCUT2D eigenvalue weighted by Crippen LogP contribution is 2.42. The summed E-state index contributed by atoms with van der Waals surface area (Å²) in [6.45, 7) is 9.42. The third-order valence-electron chi connectivity index (χ3n) is 7.14. The molecule has 4 rings (SSSR count). The maximum Gasteiger partial charge on any atom is 0.419 e. The van der Waals surface area contributed by atoms with Crippen molar-refractivity contribution >= 4 is 51.2 Å². The summed E-state index contributed by atoms with van der Waals surface area (Å²) in [6, 6.07) is 2.18. The van der Waals surface area contributed by atoms with Gasteiger partial charge in [0.1, 0.15) is 11.4 Å². The molecule has 2 aliphatic heterocycles. The first-order valence-electron chi connectivity index (χ1n) is 13.0. The molecule has 1 fully saturated rings. The van der Waals surface area contributed by atoms with E-state index < -0.39 is 57.7 Å². The molecule has 2 aromatic rings. The average Bonchev–Trinajstić information content (AvgIpc) is 3.33. The molecule has 41 heavy (non-hydrogen) atoms. The second-order valence-electron chi connectivity index (χ2n) is 11.7. The van der Waals surface area contributed by atoms with Gasteiger partial charge in [-0.15, -0.1) is 0 Å². The van der Waals surface area contributed by atoms with Gasteiger partial charge in [-0.3, -0.25) is 9.59 Å². The van der Waals surface area contributed by atoms with Crippen LogP contribution < -0.4 is 10.6 Å². The summed E-state index contributed by atoms with van der Waals surface area (Å²) in [5.74, 6) is -2.30. The summed E-state index contributed by atoms with van der Waals surface area (Å²) in [5, 5.41) is 5.16. The molecule has 0 aliphatic carbocycles. The number of alkyl halides is 3. The fourth-order valence-corrected chi connectivity index (χ4v) is 5.49. The van der Waals surface area contributed by atoms with Gasteiger partial charge in [0.05, 0.1) is 28.1 Å². The van der Waals surface area contributed by atoms with Gasteiger partial charge in [0.2, 0.25) is 0 Å². The van der Waals surface area contributed by atoms with Gasteiger partial charge < -0.3 is 25.3 Å². The SMILES string of the molecule is Cc1[nH]c(/C=C2\C(=O)Nc3c(Br)cc(F)cc32)c(C(F)(F)F)c1C(=O)NCC1(C)CCN(C(=O)OC(C)(C)C)CC1. The molecule has 0 radical (unpaired) electrons. The fraction of sp³-hybridized carbons (Fsp3) is 0.464. The number of carbonyl (C=O) groups is 3. The van der Waals surface area contributed by atoms with E-state index in [1.807, 2.05) is 6.92 Å². The van der Waals surface area contributed by atoms with Gasteiger partial charge in [0.15, 0.2) is 0 Å². The molecule has 0 spiro atoms. The molecule has 2 aliphatic rings. The van der Waals surface area contributed by atoms with Crippen molar-refractivity contribution in [2.24, 2.45) is 5.41 Å². The van der Waals surface area contributed by atoms with E-state index in [9.17, 15) is 31.9 Å². The number of H-pyrrole nitrogens is 1. The van der Waals surface area contributed by atoms with Crippen LogP contribution in [0.5, 0.6) is 0 Å². The van der Waals surface area contributed by atoms with E-state index in [0.29, 0.717) is 25.9 Å². The normalized spacial score (nSPS) is 17.9. The van der Waals surface area contributed by atoms with Crippen LogP contribution in [-0.4, -0.2) is 53.0 Å². The zero-order chi connectivity index (χ0) is 30.5. The average molecular weight is 643 g/mol. The Hall–Kier alpha value is -3.35. The Morgan fingerprint density at radius 3 is 2.41 bits per heavy atom. The smallest absolute Gasteiger partial charge is 0.419 e. The first-order valence-corrected chi connectivity index (χ1v) is 13.8. The van der Waals surface area contributed by atoms with Gasteiger partial charge in [-0.25, -0.2) is 9.18 Å². The number of amides is 3. The van der Waals surface area contributed by atoms with Crippen LogP contribution in [0.2, 0.25) is 0 Å². The van der Waals surface area contributed by atoms with Crippen molar-refractivity contribution in [3.8, 4) is 0 Å². The van der Waals surface area contributed by atoms with Crippen molar-refractivity contribution in [1.82, 2.24) is 15.2 Å². The Bertz CT molecular complexity index is 1430. The summed E-state index contributed by atoms with van der Waals surface area (Å²) in [5.41, 5.74) is -3.26. The number of aromatic nitrogens is 1. The van der Waals surface area contributed by atoms with E-state index in [2.05, 4.69) is 31.5 Å². The van der Waals surface area contributed by atoms with Crippen molar-refractivity contribution < 1.29 is 36.7 Å². The van der Waals surface area contributed by atoms with Gasteiger partial charge in [-0.1, -0.05) is 6.92 Å². The topological polar surface area (TPSA) is 104 Å². The van der Waals surface area contributed by atoms with Crippen LogP contribution in [-0.2, 0) is 15.7 Å². The summed E-state index contributed by atoms with van der Waals surface area (Å²) in [4.78, 5) is 42.3. The van der Waals surface area contributed by atoms with Crippen LogP contribution in [0, 0.1) is 18.2 Å². The molecule has 3 heterocycles. The van der Waals surface area contributed by atoms with Crippen molar-refractivity contribution in [3.05, 3.63) is 50.5 Å². The number of fused-ring (bicyclic) bond motifs is 1. The zero-order valence-corrected chi connectivity index (χ0v) is 24.8. The number of piperidine rings is 1. The molecule has 0 unspecified atom stereocenters. The molecule has 3 amide bonds. The molecule has 3 N–H and O–H groups in total. The maximum absolute atomic E-state index is 14.3. The predicted octanol–water partition coefficient (Wildman–Crippen LogP) is 6.50. The Morgan fingerprint density at radius 1 is 1.20 bits per heavy atom. The second-order valence-corrected chi connectivity index (χ2v) is 12.5. The lowest BCUT2D eigenvalue weighted by atomic mass is 9.80. The van der Waals surface area contributed by atoms with Crippen molar-refractivity contribution in [2.75, 3.05) is 25.0 Å². The van der Waals surface area contributed by atoms with Crippen molar-refractivity contribution in [3.63, 3.8) is 0 Å². The van der Waals surface area contributed by atoms with Crippen molar-refractivity contribution in [1.29, 1.82) is 0 Å². The molecule has 0 bridgehead atoms. The monoisotopic (exact) mass is 642 g/mol. The molecule has 1 aromatic heterocycles. The highest BCUT2D eigenvalue weighted by Gasteiger charge is 2.42. The largest absolute Gasteiger partial charge is 0.444 e. The minimum absolute atomic E-state index is 0.0365. The van der Waals surface area contributed by atoms with E-state index in [-0.39, 0.29) is 33.5 Å². The minimum Gasteiger partial charge on any atom is -0.444 e. The molecule has 1 aromatic carbocycles. The molecular formula is C28H31BrF4N4O4. The number of benzene rings is 1.